The van der Waals surface area contributed by atoms with Crippen LogP contribution in [0.5, 0.6) is 17.2 Å². The van der Waals surface area contributed by atoms with Gasteiger partial charge in [-0.3, -0.25) is 14.9 Å². The molecule has 1 aliphatic rings. The van der Waals surface area contributed by atoms with E-state index in [1.54, 1.807) is 36.4 Å². The lowest BCUT2D eigenvalue weighted by Crippen LogP contribution is -2.54. The predicted octanol–water partition coefficient (Wildman–Crippen LogP) is 6.68. The maximum absolute atomic E-state index is 13.2. The van der Waals surface area contributed by atoms with Crippen molar-refractivity contribution in [1.82, 2.24) is 5.32 Å². The normalized spacial score (nSPS) is 15.1. The van der Waals surface area contributed by atoms with E-state index in [1.807, 2.05) is 26.0 Å². The minimum atomic E-state index is -0.813. The lowest BCUT2D eigenvalue weighted by molar-refractivity contribution is -0.122. The highest BCUT2D eigenvalue weighted by Gasteiger charge is 2.36. The Hall–Kier alpha value is -4.30. The number of urea groups is 1. The summed E-state index contributed by atoms with van der Waals surface area (Å²) in [5.74, 6) is 0.360. The van der Waals surface area contributed by atoms with Gasteiger partial charge >= 0.3 is 6.03 Å². The van der Waals surface area contributed by atoms with Crippen LogP contribution in [0.25, 0.3) is 6.08 Å². The molecule has 0 bridgehead atoms. The van der Waals surface area contributed by atoms with E-state index in [1.165, 1.54) is 11.6 Å². The van der Waals surface area contributed by atoms with Crippen molar-refractivity contribution in [3.8, 4) is 17.2 Å². The summed E-state index contributed by atoms with van der Waals surface area (Å²) in [6, 6.07) is 17.2. The molecule has 1 unspecified atom stereocenters. The largest absolute Gasteiger partial charge is 0.490 e. The lowest BCUT2D eigenvalue weighted by atomic mass is 9.99. The van der Waals surface area contributed by atoms with E-state index in [4.69, 9.17) is 25.8 Å². The third-order valence-electron chi connectivity index (χ3n) is 6.70. The second-order valence-corrected chi connectivity index (χ2v) is 10.0. The molecule has 3 aromatic carbocycles. The molecule has 3 aromatic rings. The van der Waals surface area contributed by atoms with E-state index >= 15 is 0 Å². The molecule has 0 aromatic heterocycles. The third kappa shape index (κ3) is 7.08. The Bertz CT molecular complexity index is 1450. The van der Waals surface area contributed by atoms with Gasteiger partial charge in [-0.25, -0.2) is 9.69 Å². The van der Waals surface area contributed by atoms with Gasteiger partial charge in [-0.05, 0) is 79.8 Å². The molecule has 0 radical (unpaired) electrons. The highest BCUT2D eigenvalue weighted by molar-refractivity contribution is 6.39. The van der Waals surface area contributed by atoms with Crippen molar-refractivity contribution in [1.29, 1.82) is 0 Å². The van der Waals surface area contributed by atoms with Crippen LogP contribution < -0.4 is 24.4 Å². The van der Waals surface area contributed by atoms with E-state index in [9.17, 15) is 14.4 Å². The summed E-state index contributed by atoms with van der Waals surface area (Å²) in [4.78, 5) is 39.3. The first-order chi connectivity index (χ1) is 19.7. The number of imide groups is 2. The summed E-state index contributed by atoms with van der Waals surface area (Å²) in [5, 5.41) is 2.46. The number of carbonyl (C=O) groups excluding carboxylic acids is 3. The van der Waals surface area contributed by atoms with Gasteiger partial charge in [0, 0.05) is 0 Å². The van der Waals surface area contributed by atoms with Crippen LogP contribution in [0.15, 0.2) is 66.2 Å². The van der Waals surface area contributed by atoms with Crippen LogP contribution in [-0.2, 0) is 9.59 Å². The van der Waals surface area contributed by atoms with Crippen molar-refractivity contribution in [2.45, 2.75) is 40.0 Å². The molecule has 0 aliphatic carbocycles. The van der Waals surface area contributed by atoms with Gasteiger partial charge in [0.15, 0.2) is 11.5 Å². The van der Waals surface area contributed by atoms with Gasteiger partial charge in [0.1, 0.15) is 24.5 Å². The molecule has 0 spiro atoms. The summed E-state index contributed by atoms with van der Waals surface area (Å²) in [6.07, 6.45) is 2.44. The maximum atomic E-state index is 13.2. The molecule has 214 valence electrons. The van der Waals surface area contributed by atoms with Gasteiger partial charge in [0.25, 0.3) is 11.8 Å². The number of carbonyl (C=O) groups is 3. The quantitative estimate of drug-likeness (QED) is 0.155. The van der Waals surface area contributed by atoms with Crippen molar-refractivity contribution < 1.29 is 28.6 Å². The Morgan fingerprint density at radius 3 is 2.27 bits per heavy atom. The highest BCUT2D eigenvalue weighted by atomic mass is 35.5. The van der Waals surface area contributed by atoms with Crippen LogP contribution in [0.4, 0.5) is 10.5 Å². The Balaban J connectivity index is 1.49. The van der Waals surface area contributed by atoms with Crippen molar-refractivity contribution >= 4 is 41.2 Å². The molecule has 8 nitrogen and oxygen atoms in total. The molecule has 9 heteroatoms. The SMILES string of the molecule is CCOc1cc(/C=C2\C(=O)NC(=O)N(c3ccc(C)cc3)C2=O)cc(Cl)c1OCCOc1ccc(C(C)CC)cc1. The van der Waals surface area contributed by atoms with Gasteiger partial charge < -0.3 is 14.2 Å². The molecule has 1 saturated heterocycles. The summed E-state index contributed by atoms with van der Waals surface area (Å²) in [6.45, 7) is 8.89. The third-order valence-corrected chi connectivity index (χ3v) is 6.98. The molecular formula is C32H33ClN2O6. The fourth-order valence-electron chi connectivity index (χ4n) is 4.26. The first-order valence-electron chi connectivity index (χ1n) is 13.5. The van der Waals surface area contributed by atoms with Crippen LogP contribution in [0.1, 0.15) is 49.8 Å². The van der Waals surface area contributed by atoms with Gasteiger partial charge in [-0.15, -0.1) is 0 Å². The van der Waals surface area contributed by atoms with Crippen LogP contribution in [-0.4, -0.2) is 37.7 Å². The second-order valence-electron chi connectivity index (χ2n) is 9.63. The summed E-state index contributed by atoms with van der Waals surface area (Å²) < 4.78 is 17.5. The van der Waals surface area contributed by atoms with Crippen molar-refractivity contribution in [2.75, 3.05) is 24.7 Å². The molecule has 0 saturated carbocycles. The molecule has 1 atom stereocenters. The summed E-state index contributed by atoms with van der Waals surface area (Å²) in [7, 11) is 0. The number of halogens is 1. The van der Waals surface area contributed by atoms with Crippen LogP contribution in [0.3, 0.4) is 0 Å². The average molecular weight is 577 g/mol. The smallest absolute Gasteiger partial charge is 0.335 e. The van der Waals surface area contributed by atoms with Crippen molar-refractivity contribution in [3.05, 3.63) is 87.9 Å². The first kappa shape index (κ1) is 29.7. The second kappa shape index (κ2) is 13.4. The number of hydrogen-bond donors (Lipinski definition) is 1. The molecule has 4 amide bonds. The fourth-order valence-corrected chi connectivity index (χ4v) is 4.53. The minimum absolute atomic E-state index is 0.210. The summed E-state index contributed by atoms with van der Waals surface area (Å²) in [5.41, 5.74) is 2.79. The molecular weight excluding hydrogens is 544 g/mol. The van der Waals surface area contributed by atoms with E-state index in [0.29, 0.717) is 35.3 Å². The highest BCUT2D eigenvalue weighted by Crippen LogP contribution is 2.37. The molecule has 1 heterocycles. The number of benzene rings is 3. The Morgan fingerprint density at radius 2 is 1.61 bits per heavy atom. The monoisotopic (exact) mass is 576 g/mol. The fraction of sp³-hybridized carbons (Fsp3) is 0.281. The zero-order chi connectivity index (χ0) is 29.5. The topological polar surface area (TPSA) is 94.2 Å². The Labute approximate surface area is 244 Å². The van der Waals surface area contributed by atoms with Crippen molar-refractivity contribution in [2.24, 2.45) is 0 Å². The molecule has 41 heavy (non-hydrogen) atoms. The molecule has 1 N–H and O–H groups in total. The first-order valence-corrected chi connectivity index (χ1v) is 13.9. The number of nitrogens with one attached hydrogen (secondary N) is 1. The van der Waals surface area contributed by atoms with E-state index < -0.39 is 17.8 Å². The van der Waals surface area contributed by atoms with Crippen LogP contribution in [0, 0.1) is 6.92 Å². The van der Waals surface area contributed by atoms with Crippen LogP contribution in [0.2, 0.25) is 5.02 Å². The maximum Gasteiger partial charge on any atom is 0.335 e. The zero-order valence-corrected chi connectivity index (χ0v) is 24.3. The van der Waals surface area contributed by atoms with Crippen LogP contribution >= 0.6 is 11.6 Å². The minimum Gasteiger partial charge on any atom is -0.490 e. The van der Waals surface area contributed by atoms with Gasteiger partial charge in [-0.2, -0.15) is 0 Å². The number of nitrogens with zero attached hydrogens (tertiary/aromatic N) is 1. The standard InChI is InChI=1S/C32H33ClN2O6/c1-5-21(4)23-9-13-25(14-10-23)40-15-16-41-29-27(33)18-22(19-28(29)39-6-2)17-26-30(36)34-32(38)35(31(26)37)24-11-7-20(3)8-12-24/h7-14,17-19,21H,5-6,15-16H2,1-4H3,(H,34,36,38)/b26-17+. The van der Waals surface area contributed by atoms with Gasteiger partial charge in [0.2, 0.25) is 0 Å². The molecule has 1 aliphatic heterocycles. The average Bonchev–Trinajstić information content (AvgIpc) is 2.95. The number of rotatable bonds is 11. The van der Waals surface area contributed by atoms with E-state index in [-0.39, 0.29) is 23.8 Å². The predicted molar refractivity (Wildman–Crippen MR) is 159 cm³/mol. The number of hydrogen-bond acceptors (Lipinski definition) is 6. The number of barbiturate groups is 1. The summed E-state index contributed by atoms with van der Waals surface area (Å²) >= 11 is 6.55. The number of ether oxygens (including phenoxy) is 3. The molecule has 1 fully saturated rings. The lowest BCUT2D eigenvalue weighted by Gasteiger charge is -2.26. The van der Waals surface area contributed by atoms with Gasteiger partial charge in [-0.1, -0.05) is 55.3 Å². The van der Waals surface area contributed by atoms with E-state index in [0.717, 1.165) is 22.6 Å². The Morgan fingerprint density at radius 1 is 0.927 bits per heavy atom. The number of amides is 4. The van der Waals surface area contributed by atoms with E-state index in [2.05, 4.69) is 31.3 Å². The zero-order valence-electron chi connectivity index (χ0n) is 23.5. The molecule has 4 rings (SSSR count). The number of anilines is 1. The number of aryl methyl sites for hydroxylation is 1. The van der Waals surface area contributed by atoms with Gasteiger partial charge in [0.05, 0.1) is 17.3 Å². The Kier molecular flexibility index (Phi) is 9.68. The van der Waals surface area contributed by atoms with Crippen molar-refractivity contribution in [3.63, 3.8) is 0 Å².